The molecule has 1 aliphatic heterocycles. The number of nitrogens with zero attached hydrogens (tertiary/aromatic N) is 1. The molecule has 10 heteroatoms. The van der Waals surface area contributed by atoms with Gasteiger partial charge in [0.05, 0.1) is 13.0 Å². The average molecular weight is 621 g/mol. The van der Waals surface area contributed by atoms with Gasteiger partial charge in [-0.25, -0.2) is 14.2 Å². The SMILES string of the molecule is COc1ccnc(C(=O)N[C@H]2CCC[C@H](Cc3ccccc3)[C@@H](Cc3ccc(F)cc3)[C@H](C)OC2=O)c1OCOC(=O)C(C)C. The second-order valence-electron chi connectivity index (χ2n) is 11.6. The Bertz CT molecular complexity index is 1430. The number of carbonyl (C=O) groups excluding carboxylic acids is 3. The first kappa shape index (κ1) is 33.4. The van der Waals surface area contributed by atoms with Crippen LogP contribution in [0.25, 0.3) is 0 Å². The maximum atomic E-state index is 13.6. The molecule has 0 spiro atoms. The second kappa shape index (κ2) is 16.0. The molecule has 9 nitrogen and oxygen atoms in total. The number of cyclic esters (lactones) is 1. The summed E-state index contributed by atoms with van der Waals surface area (Å²) in [6.07, 6.45) is 4.13. The second-order valence-corrected chi connectivity index (χ2v) is 11.6. The number of hydrogen-bond donors (Lipinski definition) is 1. The summed E-state index contributed by atoms with van der Waals surface area (Å²) in [5.41, 5.74) is 2.03. The number of methoxy groups -OCH3 is 1. The van der Waals surface area contributed by atoms with Crippen molar-refractivity contribution < 1.29 is 37.7 Å². The van der Waals surface area contributed by atoms with Crippen LogP contribution in [0.5, 0.6) is 11.5 Å². The van der Waals surface area contributed by atoms with E-state index < -0.39 is 36.8 Å². The van der Waals surface area contributed by atoms with Gasteiger partial charge in [-0.3, -0.25) is 9.59 Å². The third-order valence-electron chi connectivity index (χ3n) is 8.07. The molecule has 0 unspecified atom stereocenters. The fourth-order valence-corrected chi connectivity index (χ4v) is 5.61. The molecule has 4 rings (SSSR count). The Morgan fingerprint density at radius 1 is 1.02 bits per heavy atom. The summed E-state index contributed by atoms with van der Waals surface area (Å²) >= 11 is 0. The molecule has 0 radical (unpaired) electrons. The molecule has 0 aliphatic carbocycles. The number of rotatable bonds is 11. The molecule has 1 fully saturated rings. The Labute approximate surface area is 263 Å². The van der Waals surface area contributed by atoms with E-state index in [1.165, 1.54) is 37.1 Å². The molecule has 0 saturated carbocycles. The number of benzene rings is 2. The number of aromatic nitrogens is 1. The van der Waals surface area contributed by atoms with Gasteiger partial charge >= 0.3 is 11.9 Å². The molecule has 1 saturated heterocycles. The van der Waals surface area contributed by atoms with Crippen LogP contribution in [0.2, 0.25) is 0 Å². The number of amides is 1. The van der Waals surface area contributed by atoms with Gasteiger partial charge in [0.1, 0.15) is 18.0 Å². The molecule has 1 N–H and O–H groups in total. The lowest BCUT2D eigenvalue weighted by molar-refractivity contribution is -0.155. The zero-order valence-corrected chi connectivity index (χ0v) is 26.2. The third-order valence-corrected chi connectivity index (χ3v) is 8.07. The number of esters is 2. The minimum atomic E-state index is -0.929. The van der Waals surface area contributed by atoms with E-state index in [9.17, 15) is 18.8 Å². The van der Waals surface area contributed by atoms with Crippen LogP contribution in [-0.4, -0.2) is 48.9 Å². The number of carbonyl (C=O) groups is 3. The summed E-state index contributed by atoms with van der Waals surface area (Å²) in [5.74, 6) is -1.99. The first-order valence-electron chi connectivity index (χ1n) is 15.3. The first-order valence-corrected chi connectivity index (χ1v) is 15.3. The van der Waals surface area contributed by atoms with Gasteiger partial charge < -0.3 is 24.3 Å². The van der Waals surface area contributed by atoms with Crippen molar-refractivity contribution in [2.45, 2.75) is 65.0 Å². The van der Waals surface area contributed by atoms with Crippen LogP contribution in [-0.2, 0) is 31.9 Å². The number of halogens is 1. The quantitative estimate of drug-likeness (QED) is 0.215. The van der Waals surface area contributed by atoms with Crippen molar-refractivity contribution in [1.29, 1.82) is 0 Å². The van der Waals surface area contributed by atoms with Crippen molar-refractivity contribution in [3.63, 3.8) is 0 Å². The van der Waals surface area contributed by atoms with Crippen LogP contribution >= 0.6 is 0 Å². The number of ether oxygens (including phenoxy) is 4. The summed E-state index contributed by atoms with van der Waals surface area (Å²) < 4.78 is 35.7. The molecule has 1 amide bonds. The number of nitrogens with one attached hydrogen (secondary N) is 1. The minimum Gasteiger partial charge on any atom is -0.493 e. The van der Waals surface area contributed by atoms with Gasteiger partial charge in [0.2, 0.25) is 6.79 Å². The Kier molecular flexibility index (Phi) is 11.9. The molecule has 4 atom stereocenters. The lowest BCUT2D eigenvalue weighted by Gasteiger charge is -2.31. The summed E-state index contributed by atoms with van der Waals surface area (Å²) in [4.78, 5) is 43.1. The fourth-order valence-electron chi connectivity index (χ4n) is 5.61. The van der Waals surface area contributed by atoms with Gasteiger partial charge in [0, 0.05) is 18.2 Å². The van der Waals surface area contributed by atoms with E-state index >= 15 is 0 Å². The first-order chi connectivity index (χ1) is 21.7. The normalized spacial score (nSPS) is 20.3. The minimum absolute atomic E-state index is 0.0128. The Hall–Kier alpha value is -4.47. The van der Waals surface area contributed by atoms with Crippen molar-refractivity contribution >= 4 is 17.8 Å². The lowest BCUT2D eigenvalue weighted by atomic mass is 9.77. The maximum Gasteiger partial charge on any atom is 0.328 e. The van der Waals surface area contributed by atoms with Crippen LogP contribution in [0, 0.1) is 23.6 Å². The van der Waals surface area contributed by atoms with E-state index in [4.69, 9.17) is 18.9 Å². The van der Waals surface area contributed by atoms with Crippen molar-refractivity contribution in [1.82, 2.24) is 10.3 Å². The van der Waals surface area contributed by atoms with Crippen molar-refractivity contribution in [3.8, 4) is 11.5 Å². The van der Waals surface area contributed by atoms with E-state index in [1.807, 2.05) is 25.1 Å². The van der Waals surface area contributed by atoms with Gasteiger partial charge in [-0.05, 0) is 61.8 Å². The highest BCUT2D eigenvalue weighted by Gasteiger charge is 2.35. The van der Waals surface area contributed by atoms with Crippen LogP contribution in [0.1, 0.15) is 61.6 Å². The fraction of sp³-hybridized carbons (Fsp3) is 0.429. The summed E-state index contributed by atoms with van der Waals surface area (Å²) in [5, 5.41) is 2.78. The van der Waals surface area contributed by atoms with Gasteiger partial charge in [-0.15, -0.1) is 0 Å². The standard InChI is InChI=1S/C35H41FN2O7/c1-22(2)34(40)44-21-43-32-30(42-4)17-18-37-31(32)33(39)38-29-12-8-11-26(19-24-9-6-5-7-10-24)28(23(3)45-35(29)41)20-25-13-15-27(36)16-14-25/h5-7,9-10,13-18,22-23,26,28-29H,8,11-12,19-21H2,1-4H3,(H,38,39)/t23-,26+,28-,29-/m0/s1. The van der Waals surface area contributed by atoms with E-state index in [-0.39, 0.29) is 40.8 Å². The predicted octanol–water partition coefficient (Wildman–Crippen LogP) is 5.70. The molecule has 2 heterocycles. The van der Waals surface area contributed by atoms with Gasteiger partial charge in [-0.1, -0.05) is 62.7 Å². The molecular formula is C35H41FN2O7. The Morgan fingerprint density at radius 3 is 2.42 bits per heavy atom. The van der Waals surface area contributed by atoms with Crippen LogP contribution in [0.4, 0.5) is 4.39 Å². The predicted molar refractivity (Wildman–Crippen MR) is 165 cm³/mol. The Balaban J connectivity index is 1.53. The molecule has 45 heavy (non-hydrogen) atoms. The average Bonchev–Trinajstić information content (AvgIpc) is 3.07. The van der Waals surface area contributed by atoms with Crippen LogP contribution in [0.3, 0.4) is 0 Å². The highest BCUT2D eigenvalue weighted by Crippen LogP contribution is 2.33. The topological polar surface area (TPSA) is 113 Å². The van der Waals surface area contributed by atoms with E-state index in [0.717, 1.165) is 18.4 Å². The third kappa shape index (κ3) is 9.26. The largest absolute Gasteiger partial charge is 0.493 e. The zero-order valence-electron chi connectivity index (χ0n) is 26.2. The number of hydrogen-bond acceptors (Lipinski definition) is 8. The van der Waals surface area contributed by atoms with Crippen molar-refractivity contribution in [2.24, 2.45) is 17.8 Å². The van der Waals surface area contributed by atoms with Crippen molar-refractivity contribution in [3.05, 3.63) is 89.5 Å². The van der Waals surface area contributed by atoms with Crippen LogP contribution < -0.4 is 14.8 Å². The molecule has 1 aromatic heterocycles. The number of pyridine rings is 1. The van der Waals surface area contributed by atoms with E-state index in [2.05, 4.69) is 22.4 Å². The highest BCUT2D eigenvalue weighted by atomic mass is 19.1. The Morgan fingerprint density at radius 2 is 1.73 bits per heavy atom. The maximum absolute atomic E-state index is 13.6. The van der Waals surface area contributed by atoms with E-state index in [0.29, 0.717) is 19.3 Å². The molecule has 240 valence electrons. The van der Waals surface area contributed by atoms with Gasteiger partial charge in [0.25, 0.3) is 5.91 Å². The lowest BCUT2D eigenvalue weighted by Crippen LogP contribution is -2.43. The molecule has 3 aromatic rings. The summed E-state index contributed by atoms with van der Waals surface area (Å²) in [6.45, 7) is 4.82. The summed E-state index contributed by atoms with van der Waals surface area (Å²) in [6, 6.07) is 17.2. The molecule has 1 aliphatic rings. The highest BCUT2D eigenvalue weighted by molar-refractivity contribution is 5.98. The smallest absolute Gasteiger partial charge is 0.328 e. The monoisotopic (exact) mass is 620 g/mol. The van der Waals surface area contributed by atoms with E-state index in [1.54, 1.807) is 26.0 Å². The van der Waals surface area contributed by atoms with Gasteiger partial charge in [0.15, 0.2) is 17.2 Å². The zero-order chi connectivity index (χ0) is 32.3. The molecular weight excluding hydrogens is 579 g/mol. The molecule has 2 aromatic carbocycles. The summed E-state index contributed by atoms with van der Waals surface area (Å²) in [7, 11) is 1.41. The van der Waals surface area contributed by atoms with Gasteiger partial charge in [-0.2, -0.15) is 0 Å². The molecule has 0 bridgehead atoms. The van der Waals surface area contributed by atoms with Crippen molar-refractivity contribution in [2.75, 3.05) is 13.9 Å². The van der Waals surface area contributed by atoms with Crippen LogP contribution in [0.15, 0.2) is 66.9 Å².